The monoisotopic (exact) mass is 322 g/mol. The molecule has 2 aliphatic heterocycles. The van der Waals surface area contributed by atoms with Crippen LogP contribution in [0.5, 0.6) is 0 Å². The predicted molar refractivity (Wildman–Crippen MR) is 79.1 cm³/mol. The molecule has 0 amide bonds. The van der Waals surface area contributed by atoms with Gasteiger partial charge in [-0.1, -0.05) is 6.58 Å². The van der Waals surface area contributed by atoms with E-state index in [1.807, 2.05) is 0 Å². The molecule has 0 spiro atoms. The third-order valence-corrected chi connectivity index (χ3v) is 4.99. The fraction of sp³-hybridized carbons (Fsp3) is 0.706. The molecule has 0 aromatic rings. The first kappa shape index (κ1) is 16.0. The fourth-order valence-electron chi connectivity index (χ4n) is 4.10. The van der Waals surface area contributed by atoms with Crippen LogP contribution < -0.4 is 0 Å². The lowest BCUT2D eigenvalue weighted by Gasteiger charge is -2.45. The van der Waals surface area contributed by atoms with E-state index in [2.05, 4.69) is 6.58 Å². The molecule has 4 aliphatic rings. The van der Waals surface area contributed by atoms with Crippen molar-refractivity contribution in [3.63, 3.8) is 0 Å². The molecule has 4 bridgehead atoms. The Labute approximate surface area is 135 Å². The van der Waals surface area contributed by atoms with E-state index < -0.39 is 23.6 Å². The summed E-state index contributed by atoms with van der Waals surface area (Å²) in [7, 11) is 0. The van der Waals surface area contributed by atoms with E-state index in [0.29, 0.717) is 18.8 Å². The number of hydrogen-bond donors (Lipinski definition) is 0. The van der Waals surface area contributed by atoms with Gasteiger partial charge in [-0.2, -0.15) is 0 Å². The summed E-state index contributed by atoms with van der Waals surface area (Å²) >= 11 is 0. The third-order valence-electron chi connectivity index (χ3n) is 4.99. The Bertz CT molecular complexity index is 567. The Morgan fingerprint density at radius 1 is 1.30 bits per heavy atom. The van der Waals surface area contributed by atoms with E-state index in [0.717, 1.165) is 19.3 Å². The SMILES string of the molecule is C=C(C)C(=O)OC(C)C(=O)OC12CC3CC(C1)OC(=O)C(C3)C2. The van der Waals surface area contributed by atoms with Gasteiger partial charge in [-0.25, -0.2) is 9.59 Å². The minimum absolute atomic E-state index is 0.170. The molecule has 23 heavy (non-hydrogen) atoms. The minimum atomic E-state index is -0.995. The number of ether oxygens (including phenoxy) is 3. The van der Waals surface area contributed by atoms with Gasteiger partial charge in [0, 0.05) is 18.4 Å². The average molecular weight is 322 g/mol. The van der Waals surface area contributed by atoms with Crippen LogP contribution in [0.4, 0.5) is 0 Å². The van der Waals surface area contributed by atoms with Crippen LogP contribution in [0.25, 0.3) is 0 Å². The molecule has 2 saturated heterocycles. The molecule has 0 aromatic heterocycles. The number of carbonyl (C=O) groups excluding carboxylic acids is 3. The maximum atomic E-state index is 12.3. The van der Waals surface area contributed by atoms with Crippen molar-refractivity contribution in [3.8, 4) is 0 Å². The molecule has 2 aliphatic carbocycles. The van der Waals surface area contributed by atoms with Crippen LogP contribution in [0.1, 0.15) is 46.0 Å². The number of hydrogen-bond acceptors (Lipinski definition) is 6. The number of esters is 3. The maximum Gasteiger partial charge on any atom is 0.347 e. The van der Waals surface area contributed by atoms with Crippen molar-refractivity contribution in [2.24, 2.45) is 11.8 Å². The van der Waals surface area contributed by atoms with E-state index >= 15 is 0 Å². The largest absolute Gasteiger partial charge is 0.462 e. The molecule has 0 radical (unpaired) electrons. The highest BCUT2D eigenvalue weighted by molar-refractivity contribution is 5.89. The van der Waals surface area contributed by atoms with E-state index in [1.54, 1.807) is 0 Å². The molecule has 6 nitrogen and oxygen atoms in total. The lowest BCUT2D eigenvalue weighted by molar-refractivity contribution is -0.187. The second kappa shape index (κ2) is 5.65. The van der Waals surface area contributed by atoms with Crippen LogP contribution in [0.2, 0.25) is 0 Å². The molecule has 0 aromatic carbocycles. The summed E-state index contributed by atoms with van der Waals surface area (Å²) < 4.78 is 16.2. The van der Waals surface area contributed by atoms with Gasteiger partial charge >= 0.3 is 17.9 Å². The van der Waals surface area contributed by atoms with Gasteiger partial charge in [0.2, 0.25) is 0 Å². The van der Waals surface area contributed by atoms with Gasteiger partial charge in [0.25, 0.3) is 0 Å². The lowest BCUT2D eigenvalue weighted by atomic mass is 9.65. The van der Waals surface area contributed by atoms with Crippen LogP contribution in [0.3, 0.4) is 0 Å². The van der Waals surface area contributed by atoms with Crippen molar-refractivity contribution >= 4 is 17.9 Å². The van der Waals surface area contributed by atoms with Gasteiger partial charge in [-0.15, -0.1) is 0 Å². The number of carbonyl (C=O) groups is 3. The first-order valence-corrected chi connectivity index (χ1v) is 8.08. The second-order valence-electron chi connectivity index (χ2n) is 7.14. The van der Waals surface area contributed by atoms with Crippen molar-refractivity contribution in [1.29, 1.82) is 0 Å². The molecular weight excluding hydrogens is 300 g/mol. The third kappa shape index (κ3) is 3.12. The quantitative estimate of drug-likeness (QED) is 0.447. The normalized spacial score (nSPS) is 35.9. The lowest BCUT2D eigenvalue weighted by Crippen LogP contribution is -2.49. The number of fused-ring (bicyclic) bond motifs is 1. The highest BCUT2D eigenvalue weighted by atomic mass is 16.6. The van der Waals surface area contributed by atoms with Gasteiger partial charge < -0.3 is 14.2 Å². The summed E-state index contributed by atoms with van der Waals surface area (Å²) in [5.74, 6) is -1.20. The molecular formula is C17H22O6. The summed E-state index contributed by atoms with van der Waals surface area (Å²) in [5, 5.41) is 0. The van der Waals surface area contributed by atoms with Crippen molar-refractivity contribution in [2.45, 2.75) is 63.8 Å². The Morgan fingerprint density at radius 2 is 2.04 bits per heavy atom. The molecule has 0 N–H and O–H groups in total. The van der Waals surface area contributed by atoms with Crippen LogP contribution in [-0.2, 0) is 28.6 Å². The van der Waals surface area contributed by atoms with Gasteiger partial charge in [0.15, 0.2) is 6.10 Å². The molecule has 6 heteroatoms. The summed E-state index contributed by atoms with van der Waals surface area (Å²) in [5.41, 5.74) is -0.431. The average Bonchev–Trinajstić information content (AvgIpc) is 2.60. The summed E-state index contributed by atoms with van der Waals surface area (Å²) in [6.07, 6.45) is 2.30. The zero-order valence-electron chi connectivity index (χ0n) is 13.5. The van der Waals surface area contributed by atoms with Gasteiger partial charge in [0.1, 0.15) is 11.7 Å². The molecule has 2 saturated carbocycles. The minimum Gasteiger partial charge on any atom is -0.462 e. The maximum absolute atomic E-state index is 12.3. The van der Waals surface area contributed by atoms with Crippen molar-refractivity contribution < 1.29 is 28.6 Å². The summed E-state index contributed by atoms with van der Waals surface area (Å²) in [4.78, 5) is 35.9. The zero-order valence-corrected chi connectivity index (χ0v) is 13.5. The van der Waals surface area contributed by atoms with Gasteiger partial charge in [-0.3, -0.25) is 4.79 Å². The van der Waals surface area contributed by atoms with Crippen molar-refractivity contribution in [2.75, 3.05) is 0 Å². The Morgan fingerprint density at radius 3 is 2.74 bits per heavy atom. The van der Waals surface area contributed by atoms with Crippen molar-refractivity contribution in [3.05, 3.63) is 12.2 Å². The standard InChI is InChI=1S/C17H22O6/c1-9(2)14(18)21-10(3)15(19)23-17-6-11-4-12(7-17)16(20)22-13(5-11)8-17/h10-13H,1,4-8H2,2-3H3. The zero-order chi connectivity index (χ0) is 16.8. The highest BCUT2D eigenvalue weighted by Crippen LogP contribution is 2.51. The Balaban J connectivity index is 1.69. The Kier molecular flexibility index (Phi) is 3.94. The second-order valence-corrected chi connectivity index (χ2v) is 7.14. The molecule has 4 fully saturated rings. The molecule has 2 heterocycles. The summed E-state index contributed by atoms with van der Waals surface area (Å²) in [6.45, 7) is 6.49. The Hall–Kier alpha value is -1.85. The van der Waals surface area contributed by atoms with E-state index in [4.69, 9.17) is 14.2 Å². The first-order chi connectivity index (χ1) is 10.8. The predicted octanol–water partition coefficient (Wildman–Crippen LogP) is 1.91. The first-order valence-electron chi connectivity index (χ1n) is 8.08. The highest BCUT2D eigenvalue weighted by Gasteiger charge is 2.55. The van der Waals surface area contributed by atoms with Gasteiger partial charge in [-0.05, 0) is 39.0 Å². The molecule has 5 atom stereocenters. The van der Waals surface area contributed by atoms with Crippen LogP contribution in [-0.4, -0.2) is 35.7 Å². The van der Waals surface area contributed by atoms with Crippen LogP contribution in [0.15, 0.2) is 12.2 Å². The topological polar surface area (TPSA) is 78.9 Å². The fourth-order valence-corrected chi connectivity index (χ4v) is 4.10. The summed E-state index contributed by atoms with van der Waals surface area (Å²) in [6, 6.07) is 0. The molecule has 5 unspecified atom stereocenters. The van der Waals surface area contributed by atoms with Gasteiger partial charge in [0.05, 0.1) is 5.92 Å². The smallest absolute Gasteiger partial charge is 0.347 e. The number of rotatable bonds is 4. The van der Waals surface area contributed by atoms with E-state index in [1.165, 1.54) is 13.8 Å². The van der Waals surface area contributed by atoms with Crippen molar-refractivity contribution in [1.82, 2.24) is 0 Å². The van der Waals surface area contributed by atoms with Crippen LogP contribution >= 0.6 is 0 Å². The van der Waals surface area contributed by atoms with E-state index in [9.17, 15) is 14.4 Å². The van der Waals surface area contributed by atoms with Crippen LogP contribution in [0, 0.1) is 11.8 Å². The van der Waals surface area contributed by atoms with E-state index in [-0.39, 0.29) is 23.6 Å². The molecule has 126 valence electrons. The molecule has 4 rings (SSSR count).